The first-order valence-corrected chi connectivity index (χ1v) is 5.98. The number of nitrogens with one attached hydrogen (secondary N) is 1. The van der Waals surface area contributed by atoms with E-state index in [0.29, 0.717) is 0 Å². The van der Waals surface area contributed by atoms with Gasteiger partial charge in [0.2, 0.25) is 0 Å². The average Bonchev–Trinajstić information content (AvgIpc) is 2.30. The number of ether oxygens (including phenoxy) is 1. The molecule has 1 heterocycles. The van der Waals surface area contributed by atoms with Gasteiger partial charge >= 0.3 is 0 Å². The molecule has 0 spiro atoms. The minimum absolute atomic E-state index is 0.275. The van der Waals surface area contributed by atoms with E-state index in [4.69, 9.17) is 16.3 Å². The molecule has 1 aromatic carbocycles. The molecular formula is C12H17ClN2O. The Morgan fingerprint density at radius 2 is 2.12 bits per heavy atom. The van der Waals surface area contributed by atoms with E-state index in [9.17, 15) is 0 Å². The van der Waals surface area contributed by atoms with Gasteiger partial charge in [0.05, 0.1) is 13.2 Å². The van der Waals surface area contributed by atoms with Crippen LogP contribution in [-0.4, -0.2) is 31.3 Å². The fourth-order valence-electron chi connectivity index (χ4n) is 1.82. The van der Waals surface area contributed by atoms with E-state index < -0.39 is 0 Å². The first kappa shape index (κ1) is 11.9. The summed E-state index contributed by atoms with van der Waals surface area (Å²) >= 11 is 5.97. The molecule has 3 nitrogen and oxygen atoms in total. The van der Waals surface area contributed by atoms with Gasteiger partial charge in [-0.3, -0.25) is 0 Å². The average molecular weight is 241 g/mol. The third-order valence-corrected chi connectivity index (χ3v) is 2.97. The van der Waals surface area contributed by atoms with E-state index in [2.05, 4.69) is 23.4 Å². The van der Waals surface area contributed by atoms with Crippen LogP contribution in [0.25, 0.3) is 0 Å². The van der Waals surface area contributed by atoms with Crippen molar-refractivity contribution in [3.05, 3.63) is 34.9 Å². The zero-order chi connectivity index (χ0) is 11.4. The van der Waals surface area contributed by atoms with Crippen molar-refractivity contribution in [1.82, 2.24) is 10.4 Å². The van der Waals surface area contributed by atoms with Crippen LogP contribution in [0.5, 0.6) is 0 Å². The van der Waals surface area contributed by atoms with Crippen molar-refractivity contribution in [3.63, 3.8) is 0 Å². The summed E-state index contributed by atoms with van der Waals surface area (Å²) in [5, 5.41) is 2.99. The lowest BCUT2D eigenvalue weighted by molar-refractivity contribution is 0.00484. The molecule has 2 rings (SSSR count). The van der Waals surface area contributed by atoms with Crippen molar-refractivity contribution >= 4 is 11.6 Å². The lowest BCUT2D eigenvalue weighted by Crippen LogP contribution is -2.46. The second-order valence-corrected chi connectivity index (χ2v) is 4.44. The van der Waals surface area contributed by atoms with Crippen LogP contribution < -0.4 is 5.43 Å². The van der Waals surface area contributed by atoms with Crippen LogP contribution in [0.3, 0.4) is 0 Å². The fourth-order valence-corrected chi connectivity index (χ4v) is 2.02. The molecule has 0 amide bonds. The van der Waals surface area contributed by atoms with Crippen LogP contribution in [0.4, 0.5) is 0 Å². The summed E-state index contributed by atoms with van der Waals surface area (Å²) < 4.78 is 5.30. The van der Waals surface area contributed by atoms with Crippen molar-refractivity contribution in [2.24, 2.45) is 0 Å². The number of halogens is 1. The zero-order valence-electron chi connectivity index (χ0n) is 9.45. The topological polar surface area (TPSA) is 24.5 Å². The van der Waals surface area contributed by atoms with E-state index >= 15 is 0 Å². The third-order valence-electron chi connectivity index (χ3n) is 2.74. The SMILES string of the molecule is CC(NN1CCOCC1)c1cccc(Cl)c1. The Morgan fingerprint density at radius 3 is 2.81 bits per heavy atom. The Bertz CT molecular complexity index is 340. The van der Waals surface area contributed by atoms with Crippen molar-refractivity contribution < 1.29 is 4.74 Å². The van der Waals surface area contributed by atoms with E-state index in [0.717, 1.165) is 31.3 Å². The lowest BCUT2D eigenvalue weighted by atomic mass is 10.1. The molecule has 1 N–H and O–H groups in total. The van der Waals surface area contributed by atoms with Gasteiger partial charge in [-0.2, -0.15) is 0 Å². The van der Waals surface area contributed by atoms with Crippen LogP contribution >= 0.6 is 11.6 Å². The zero-order valence-corrected chi connectivity index (χ0v) is 10.2. The maximum atomic E-state index is 5.97. The summed E-state index contributed by atoms with van der Waals surface area (Å²) in [6.07, 6.45) is 0. The number of rotatable bonds is 3. The van der Waals surface area contributed by atoms with Gasteiger partial charge < -0.3 is 4.74 Å². The molecule has 4 heteroatoms. The monoisotopic (exact) mass is 240 g/mol. The van der Waals surface area contributed by atoms with E-state index in [-0.39, 0.29) is 6.04 Å². The summed E-state index contributed by atoms with van der Waals surface area (Å²) in [5.41, 5.74) is 4.66. The summed E-state index contributed by atoms with van der Waals surface area (Å²) in [6, 6.07) is 8.24. The highest BCUT2D eigenvalue weighted by molar-refractivity contribution is 6.30. The Kier molecular flexibility index (Phi) is 4.18. The van der Waals surface area contributed by atoms with Gasteiger partial charge in [-0.15, -0.1) is 0 Å². The second-order valence-electron chi connectivity index (χ2n) is 4.01. The molecule has 0 radical (unpaired) electrons. The molecule has 0 aromatic heterocycles. The number of benzene rings is 1. The van der Waals surface area contributed by atoms with E-state index in [1.807, 2.05) is 18.2 Å². The number of nitrogens with zero attached hydrogens (tertiary/aromatic N) is 1. The van der Waals surface area contributed by atoms with E-state index in [1.54, 1.807) is 0 Å². The van der Waals surface area contributed by atoms with Crippen molar-refractivity contribution in [2.75, 3.05) is 26.3 Å². The smallest absolute Gasteiger partial charge is 0.0608 e. The highest BCUT2D eigenvalue weighted by Crippen LogP contribution is 2.17. The second kappa shape index (κ2) is 5.64. The number of morpholine rings is 1. The van der Waals surface area contributed by atoms with Crippen LogP contribution in [0.2, 0.25) is 5.02 Å². The Balaban J connectivity index is 1.94. The maximum Gasteiger partial charge on any atom is 0.0608 e. The van der Waals surface area contributed by atoms with Crippen molar-refractivity contribution in [1.29, 1.82) is 0 Å². The maximum absolute atomic E-state index is 5.97. The van der Waals surface area contributed by atoms with Gasteiger partial charge in [0.1, 0.15) is 0 Å². The molecule has 1 aromatic rings. The van der Waals surface area contributed by atoms with Gasteiger partial charge in [-0.1, -0.05) is 23.7 Å². The van der Waals surface area contributed by atoms with Crippen LogP contribution in [-0.2, 0) is 4.74 Å². The molecule has 16 heavy (non-hydrogen) atoms. The largest absolute Gasteiger partial charge is 0.379 e. The van der Waals surface area contributed by atoms with Crippen LogP contribution in [0, 0.1) is 0 Å². The molecule has 88 valence electrons. The fraction of sp³-hybridized carbons (Fsp3) is 0.500. The molecule has 1 aliphatic rings. The van der Waals surface area contributed by atoms with Gasteiger partial charge in [0, 0.05) is 24.2 Å². The quantitative estimate of drug-likeness (QED) is 0.877. The molecule has 1 aliphatic heterocycles. The molecule has 1 saturated heterocycles. The lowest BCUT2D eigenvalue weighted by Gasteiger charge is -2.30. The standard InChI is InChI=1S/C12H17ClN2O/c1-10(11-3-2-4-12(13)9-11)14-15-5-7-16-8-6-15/h2-4,9-10,14H,5-8H2,1H3. The molecule has 1 fully saturated rings. The number of hydrazine groups is 1. The van der Waals surface area contributed by atoms with Gasteiger partial charge in [-0.25, -0.2) is 10.4 Å². The van der Waals surface area contributed by atoms with Gasteiger partial charge in [0.25, 0.3) is 0 Å². The van der Waals surface area contributed by atoms with Crippen LogP contribution in [0.1, 0.15) is 18.5 Å². The Labute approximate surface area is 101 Å². The van der Waals surface area contributed by atoms with Gasteiger partial charge in [0.15, 0.2) is 0 Å². The molecule has 0 bridgehead atoms. The summed E-state index contributed by atoms with van der Waals surface area (Å²) in [6.45, 7) is 5.61. The van der Waals surface area contributed by atoms with Crippen LogP contribution in [0.15, 0.2) is 24.3 Å². The molecule has 1 unspecified atom stereocenters. The summed E-state index contributed by atoms with van der Waals surface area (Å²) in [5.74, 6) is 0. The first-order chi connectivity index (χ1) is 7.75. The molecule has 0 aliphatic carbocycles. The molecule has 0 saturated carbocycles. The third kappa shape index (κ3) is 3.19. The first-order valence-electron chi connectivity index (χ1n) is 5.60. The Hall–Kier alpha value is -0.610. The molecule has 1 atom stereocenters. The molecular weight excluding hydrogens is 224 g/mol. The number of hydrogen-bond acceptors (Lipinski definition) is 3. The summed E-state index contributed by atoms with van der Waals surface area (Å²) in [7, 11) is 0. The predicted molar refractivity (Wildman–Crippen MR) is 65.4 cm³/mol. The summed E-state index contributed by atoms with van der Waals surface area (Å²) in [4.78, 5) is 0. The predicted octanol–water partition coefficient (Wildman–Crippen LogP) is 2.24. The van der Waals surface area contributed by atoms with E-state index in [1.165, 1.54) is 5.56 Å². The van der Waals surface area contributed by atoms with Gasteiger partial charge in [-0.05, 0) is 24.6 Å². The van der Waals surface area contributed by atoms with Crippen molar-refractivity contribution in [3.8, 4) is 0 Å². The normalized spacial score (nSPS) is 19.6. The minimum Gasteiger partial charge on any atom is -0.379 e. The number of hydrogen-bond donors (Lipinski definition) is 1. The minimum atomic E-state index is 0.275. The highest BCUT2D eigenvalue weighted by Gasteiger charge is 2.13. The Morgan fingerprint density at radius 1 is 1.38 bits per heavy atom. The van der Waals surface area contributed by atoms with Crippen molar-refractivity contribution in [2.45, 2.75) is 13.0 Å². The highest BCUT2D eigenvalue weighted by atomic mass is 35.5.